The number of benzene rings is 1. The lowest BCUT2D eigenvalue weighted by Crippen LogP contribution is -1.97. The Hall–Kier alpha value is -1.49. The highest BCUT2D eigenvalue weighted by Gasteiger charge is 2.33. The van der Waals surface area contributed by atoms with Gasteiger partial charge in [-0.3, -0.25) is 0 Å². The number of rotatable bonds is 1. The molecule has 0 spiro atoms. The Labute approximate surface area is 78.4 Å². The van der Waals surface area contributed by atoms with Gasteiger partial charge in [-0.25, -0.2) is 0 Å². The minimum Gasteiger partial charge on any atom is -0.351 e. The van der Waals surface area contributed by atoms with E-state index in [2.05, 4.69) is 43.0 Å². The third-order valence-electron chi connectivity index (χ3n) is 2.58. The molecule has 0 aromatic heterocycles. The summed E-state index contributed by atoms with van der Waals surface area (Å²) >= 11 is 0. The molecule has 0 amide bonds. The van der Waals surface area contributed by atoms with Crippen LogP contribution >= 0.6 is 0 Å². The predicted molar refractivity (Wildman–Crippen MR) is 52.7 cm³/mol. The molecule has 1 saturated heterocycles. The van der Waals surface area contributed by atoms with Gasteiger partial charge in [0.05, 0.1) is 12.6 Å². The summed E-state index contributed by atoms with van der Waals surface area (Å²) in [6.07, 6.45) is 0. The van der Waals surface area contributed by atoms with Crippen molar-refractivity contribution >= 4 is 5.69 Å². The van der Waals surface area contributed by atoms with Gasteiger partial charge in [0, 0.05) is 5.69 Å². The Morgan fingerprint density at radius 1 is 1.38 bits per heavy atom. The summed E-state index contributed by atoms with van der Waals surface area (Å²) in [6, 6.07) is 8.70. The molecule has 1 aromatic rings. The van der Waals surface area contributed by atoms with Crippen LogP contribution in [0.5, 0.6) is 0 Å². The second-order valence-electron chi connectivity index (χ2n) is 3.57. The number of hydrogen-bond acceptors (Lipinski definition) is 2. The maximum Gasteiger partial charge on any atom is 0.134 e. The fourth-order valence-electron chi connectivity index (χ4n) is 1.44. The van der Waals surface area contributed by atoms with Crippen molar-refractivity contribution in [2.45, 2.75) is 19.9 Å². The van der Waals surface area contributed by atoms with E-state index in [1.165, 1.54) is 16.8 Å². The van der Waals surface area contributed by atoms with E-state index in [9.17, 15) is 0 Å². The quantitative estimate of drug-likeness (QED) is 0.606. The highest BCUT2D eigenvalue weighted by molar-refractivity contribution is 5.58. The molecule has 1 aliphatic heterocycles. The monoisotopic (exact) mass is 172 g/mol. The van der Waals surface area contributed by atoms with Gasteiger partial charge in [0.1, 0.15) is 6.04 Å². The van der Waals surface area contributed by atoms with Crippen LogP contribution in [0.25, 0.3) is 0 Å². The van der Waals surface area contributed by atoms with Crippen LogP contribution in [0.15, 0.2) is 18.2 Å². The highest BCUT2D eigenvalue weighted by Crippen LogP contribution is 2.28. The smallest absolute Gasteiger partial charge is 0.134 e. The average Bonchev–Trinajstić information content (AvgIpc) is 2.88. The summed E-state index contributed by atoms with van der Waals surface area (Å²) in [4.78, 5) is 2.10. The number of anilines is 1. The summed E-state index contributed by atoms with van der Waals surface area (Å²) in [7, 11) is 0. The summed E-state index contributed by atoms with van der Waals surface area (Å²) in [5.74, 6) is 0. The molecule has 0 saturated carbocycles. The molecule has 1 heterocycles. The summed E-state index contributed by atoms with van der Waals surface area (Å²) in [5, 5.41) is 8.67. The molecular weight excluding hydrogens is 160 g/mol. The van der Waals surface area contributed by atoms with Gasteiger partial charge in [0.2, 0.25) is 0 Å². The zero-order valence-electron chi connectivity index (χ0n) is 7.91. The van der Waals surface area contributed by atoms with E-state index in [0.29, 0.717) is 0 Å². The molecule has 66 valence electrons. The fourth-order valence-corrected chi connectivity index (χ4v) is 1.44. The van der Waals surface area contributed by atoms with Crippen LogP contribution in [0.3, 0.4) is 0 Å². The lowest BCUT2D eigenvalue weighted by molar-refractivity contribution is 1.24. The van der Waals surface area contributed by atoms with E-state index >= 15 is 0 Å². The van der Waals surface area contributed by atoms with Crippen molar-refractivity contribution < 1.29 is 0 Å². The minimum atomic E-state index is 0.113. The maximum atomic E-state index is 8.67. The molecule has 1 unspecified atom stereocenters. The first-order valence-electron chi connectivity index (χ1n) is 4.46. The lowest BCUT2D eigenvalue weighted by atomic mass is 10.1. The molecule has 1 aromatic carbocycles. The van der Waals surface area contributed by atoms with Crippen molar-refractivity contribution in [2.24, 2.45) is 0 Å². The van der Waals surface area contributed by atoms with E-state index in [1.54, 1.807) is 0 Å². The van der Waals surface area contributed by atoms with Crippen molar-refractivity contribution in [3.05, 3.63) is 29.3 Å². The van der Waals surface area contributed by atoms with Crippen LogP contribution in [0.1, 0.15) is 11.1 Å². The highest BCUT2D eigenvalue weighted by atomic mass is 15.3. The van der Waals surface area contributed by atoms with Crippen LogP contribution in [0, 0.1) is 25.2 Å². The second-order valence-corrected chi connectivity index (χ2v) is 3.57. The fraction of sp³-hybridized carbons (Fsp3) is 0.364. The van der Waals surface area contributed by atoms with Gasteiger partial charge in [-0.2, -0.15) is 5.26 Å². The number of aryl methyl sites for hydroxylation is 2. The van der Waals surface area contributed by atoms with Crippen LogP contribution in [-0.2, 0) is 0 Å². The van der Waals surface area contributed by atoms with E-state index in [0.717, 1.165) is 6.54 Å². The van der Waals surface area contributed by atoms with Crippen LogP contribution in [-0.4, -0.2) is 12.6 Å². The van der Waals surface area contributed by atoms with Crippen molar-refractivity contribution in [1.82, 2.24) is 0 Å². The van der Waals surface area contributed by atoms with Gasteiger partial charge < -0.3 is 4.90 Å². The molecule has 2 nitrogen and oxygen atoms in total. The zero-order valence-corrected chi connectivity index (χ0v) is 7.91. The van der Waals surface area contributed by atoms with E-state index in [1.807, 2.05) is 0 Å². The van der Waals surface area contributed by atoms with Crippen LogP contribution in [0.4, 0.5) is 5.69 Å². The standard InChI is InChI=1S/C11H12N2/c1-8-3-4-10(5-9(8)2)13-7-11(13)6-12/h3-5,11H,7H2,1-2H3. The first kappa shape index (κ1) is 8.12. The Balaban J connectivity index is 2.25. The maximum absolute atomic E-state index is 8.67. The Morgan fingerprint density at radius 3 is 2.69 bits per heavy atom. The average molecular weight is 172 g/mol. The molecule has 1 fully saturated rings. The van der Waals surface area contributed by atoms with Crippen molar-refractivity contribution in [3.63, 3.8) is 0 Å². The summed E-state index contributed by atoms with van der Waals surface area (Å²) in [6.45, 7) is 5.09. The Kier molecular flexibility index (Phi) is 1.73. The zero-order chi connectivity index (χ0) is 9.42. The SMILES string of the molecule is Cc1ccc(N2CC2C#N)cc1C. The third-order valence-corrected chi connectivity index (χ3v) is 2.58. The van der Waals surface area contributed by atoms with Gasteiger partial charge in [0.15, 0.2) is 0 Å². The van der Waals surface area contributed by atoms with Gasteiger partial charge in [-0.15, -0.1) is 0 Å². The first-order valence-corrected chi connectivity index (χ1v) is 4.46. The molecule has 0 aliphatic carbocycles. The van der Waals surface area contributed by atoms with Gasteiger partial charge in [0.25, 0.3) is 0 Å². The van der Waals surface area contributed by atoms with Gasteiger partial charge in [-0.1, -0.05) is 6.07 Å². The minimum absolute atomic E-state index is 0.113. The Morgan fingerprint density at radius 2 is 2.15 bits per heavy atom. The van der Waals surface area contributed by atoms with Crippen LogP contribution in [0.2, 0.25) is 0 Å². The molecule has 13 heavy (non-hydrogen) atoms. The van der Waals surface area contributed by atoms with Crippen molar-refractivity contribution in [3.8, 4) is 6.07 Å². The third kappa shape index (κ3) is 1.38. The second kappa shape index (κ2) is 2.77. The Bertz CT molecular complexity index is 376. The number of nitriles is 1. The van der Waals surface area contributed by atoms with Gasteiger partial charge in [-0.05, 0) is 37.1 Å². The first-order chi connectivity index (χ1) is 6.22. The molecule has 1 atom stereocenters. The normalized spacial score (nSPS) is 19.8. The predicted octanol–water partition coefficient (Wildman–Crippen LogP) is 2.02. The number of hydrogen-bond donors (Lipinski definition) is 0. The van der Waals surface area contributed by atoms with Gasteiger partial charge >= 0.3 is 0 Å². The van der Waals surface area contributed by atoms with E-state index in [-0.39, 0.29) is 6.04 Å². The molecule has 0 bridgehead atoms. The molecule has 0 N–H and O–H groups in total. The molecular formula is C11H12N2. The van der Waals surface area contributed by atoms with Crippen molar-refractivity contribution in [1.29, 1.82) is 5.26 Å². The lowest BCUT2D eigenvalue weighted by Gasteiger charge is -2.05. The topological polar surface area (TPSA) is 26.8 Å². The molecule has 0 radical (unpaired) electrons. The largest absolute Gasteiger partial charge is 0.351 e. The molecule has 2 heteroatoms. The summed E-state index contributed by atoms with van der Waals surface area (Å²) < 4.78 is 0. The molecule has 1 aliphatic rings. The number of nitrogens with zero attached hydrogens (tertiary/aromatic N) is 2. The van der Waals surface area contributed by atoms with Crippen LogP contribution < -0.4 is 4.90 Å². The van der Waals surface area contributed by atoms with E-state index < -0.39 is 0 Å². The molecule has 2 rings (SSSR count). The van der Waals surface area contributed by atoms with Crippen molar-refractivity contribution in [2.75, 3.05) is 11.4 Å². The van der Waals surface area contributed by atoms with E-state index in [4.69, 9.17) is 5.26 Å². The summed E-state index contributed by atoms with van der Waals surface area (Å²) in [5.41, 5.74) is 3.77.